The Morgan fingerprint density at radius 2 is 1.55 bits per heavy atom. The van der Waals surface area contributed by atoms with Gasteiger partial charge >= 0.3 is 0 Å². The van der Waals surface area contributed by atoms with Gasteiger partial charge in [-0.1, -0.05) is 48.5 Å². The van der Waals surface area contributed by atoms with Crippen molar-refractivity contribution in [3.05, 3.63) is 75.6 Å². The molecule has 0 saturated carbocycles. The van der Waals surface area contributed by atoms with Gasteiger partial charge in [0.2, 0.25) is 0 Å². The Hall–Kier alpha value is -3.91. The maximum absolute atomic E-state index is 12.1. The first-order valence-electron chi connectivity index (χ1n) is 8.93. The Kier molecular flexibility index (Phi) is 4.84. The Morgan fingerprint density at radius 3 is 2.21 bits per heavy atom. The summed E-state index contributed by atoms with van der Waals surface area (Å²) in [6, 6.07) is 18.9. The largest absolute Gasteiger partial charge is 0.384 e. The van der Waals surface area contributed by atoms with Gasteiger partial charge in [0.25, 0.3) is 5.56 Å². The highest BCUT2D eigenvalue weighted by molar-refractivity contribution is 5.81. The number of anilines is 1. The fourth-order valence-corrected chi connectivity index (χ4v) is 3.45. The van der Waals surface area contributed by atoms with E-state index >= 15 is 0 Å². The van der Waals surface area contributed by atoms with Crippen molar-refractivity contribution in [3.8, 4) is 34.4 Å². The second-order valence-corrected chi connectivity index (χ2v) is 6.45. The third-order valence-electron chi connectivity index (χ3n) is 4.79. The van der Waals surface area contributed by atoms with Crippen LogP contribution in [0.4, 0.5) is 5.82 Å². The fraction of sp³-hybridized carbons (Fsp3) is 0.136. The molecule has 29 heavy (non-hydrogen) atoms. The summed E-state index contributed by atoms with van der Waals surface area (Å²) in [7, 11) is 0. The SMILES string of the molecule is N#Cc1c(N)[nH]c(=O)c(C#N)c1-c1ccc(-c2ccccc2C2OCCO2)cc1. The van der Waals surface area contributed by atoms with Crippen LogP contribution in [0.25, 0.3) is 22.3 Å². The van der Waals surface area contributed by atoms with Crippen LogP contribution >= 0.6 is 0 Å². The number of hydrogen-bond donors (Lipinski definition) is 2. The van der Waals surface area contributed by atoms with E-state index in [0.29, 0.717) is 18.8 Å². The average molecular weight is 384 g/mol. The molecule has 0 spiro atoms. The predicted octanol–water partition coefficient (Wildman–Crippen LogP) is 3.08. The number of aromatic nitrogens is 1. The molecule has 1 aromatic heterocycles. The van der Waals surface area contributed by atoms with Gasteiger partial charge in [0, 0.05) is 11.1 Å². The van der Waals surface area contributed by atoms with Crippen LogP contribution in [0.15, 0.2) is 53.3 Å². The van der Waals surface area contributed by atoms with Crippen molar-refractivity contribution in [2.45, 2.75) is 6.29 Å². The first-order valence-corrected chi connectivity index (χ1v) is 8.93. The summed E-state index contributed by atoms with van der Waals surface area (Å²) in [5, 5.41) is 18.9. The van der Waals surface area contributed by atoms with Gasteiger partial charge in [-0.25, -0.2) is 0 Å². The number of aromatic amines is 1. The van der Waals surface area contributed by atoms with Gasteiger partial charge < -0.3 is 20.2 Å². The summed E-state index contributed by atoms with van der Waals surface area (Å²) in [5.74, 6) is -0.0588. The summed E-state index contributed by atoms with van der Waals surface area (Å²) in [6.45, 7) is 1.10. The van der Waals surface area contributed by atoms with Crippen molar-refractivity contribution in [1.29, 1.82) is 10.5 Å². The molecule has 0 bridgehead atoms. The molecule has 7 heteroatoms. The van der Waals surface area contributed by atoms with Crippen LogP contribution in [-0.4, -0.2) is 18.2 Å². The van der Waals surface area contributed by atoms with E-state index in [1.807, 2.05) is 48.5 Å². The highest BCUT2D eigenvalue weighted by Gasteiger charge is 2.22. The summed E-state index contributed by atoms with van der Waals surface area (Å²) in [4.78, 5) is 14.5. The molecule has 0 unspecified atom stereocenters. The van der Waals surface area contributed by atoms with Crippen molar-refractivity contribution in [2.24, 2.45) is 0 Å². The van der Waals surface area contributed by atoms with Crippen molar-refractivity contribution in [3.63, 3.8) is 0 Å². The zero-order valence-electron chi connectivity index (χ0n) is 15.3. The van der Waals surface area contributed by atoms with E-state index in [9.17, 15) is 15.3 Å². The van der Waals surface area contributed by atoms with Crippen LogP contribution in [0.5, 0.6) is 0 Å². The number of hydrogen-bond acceptors (Lipinski definition) is 6. The molecule has 0 atom stereocenters. The zero-order chi connectivity index (χ0) is 20.4. The molecule has 4 rings (SSSR count). The van der Waals surface area contributed by atoms with Gasteiger partial charge in [0.15, 0.2) is 6.29 Å². The number of ether oxygens (including phenoxy) is 2. The minimum Gasteiger partial charge on any atom is -0.384 e. The smallest absolute Gasteiger partial charge is 0.268 e. The Morgan fingerprint density at radius 1 is 0.931 bits per heavy atom. The van der Waals surface area contributed by atoms with E-state index in [1.165, 1.54) is 0 Å². The van der Waals surface area contributed by atoms with Crippen LogP contribution < -0.4 is 11.3 Å². The second kappa shape index (κ2) is 7.61. The van der Waals surface area contributed by atoms with Gasteiger partial charge in [-0.3, -0.25) is 4.79 Å². The van der Waals surface area contributed by atoms with E-state index in [1.54, 1.807) is 12.1 Å². The molecular formula is C22H16N4O3. The Bertz CT molecular complexity index is 1210. The molecule has 0 amide bonds. The molecule has 1 aliphatic rings. The standard InChI is InChI=1S/C22H16N4O3/c23-11-17-19(18(12-24)21(27)26-20(17)25)14-7-5-13(6-8-14)15-3-1-2-4-16(15)22-28-9-10-29-22/h1-8,22H,9-10H2,(H3,25,26,27). The van der Waals surface area contributed by atoms with Gasteiger partial charge in [0.1, 0.15) is 29.1 Å². The third-order valence-corrected chi connectivity index (χ3v) is 4.79. The van der Waals surface area contributed by atoms with Crippen molar-refractivity contribution < 1.29 is 9.47 Å². The number of nitrogens with two attached hydrogens (primary N) is 1. The Labute approximate surface area is 166 Å². The monoisotopic (exact) mass is 384 g/mol. The minimum absolute atomic E-state index is 0.0588. The molecule has 3 N–H and O–H groups in total. The number of nitrogens with zero attached hydrogens (tertiary/aromatic N) is 2. The normalized spacial score (nSPS) is 13.7. The van der Waals surface area contributed by atoms with Crippen LogP contribution in [0.3, 0.4) is 0 Å². The lowest BCUT2D eigenvalue weighted by molar-refractivity contribution is -0.0436. The van der Waals surface area contributed by atoms with Gasteiger partial charge in [-0.15, -0.1) is 0 Å². The van der Waals surface area contributed by atoms with E-state index < -0.39 is 11.8 Å². The lowest BCUT2D eigenvalue weighted by Gasteiger charge is -2.15. The number of rotatable bonds is 3. The number of pyridine rings is 1. The molecule has 1 fully saturated rings. The summed E-state index contributed by atoms with van der Waals surface area (Å²) in [5.41, 5.74) is 8.69. The predicted molar refractivity (Wildman–Crippen MR) is 106 cm³/mol. The molecule has 0 aliphatic carbocycles. The first kappa shape index (κ1) is 18.5. The first-order chi connectivity index (χ1) is 14.1. The highest BCUT2D eigenvalue weighted by Crippen LogP contribution is 2.35. The molecule has 7 nitrogen and oxygen atoms in total. The number of benzene rings is 2. The van der Waals surface area contributed by atoms with Crippen molar-refractivity contribution >= 4 is 5.82 Å². The van der Waals surface area contributed by atoms with E-state index in [-0.39, 0.29) is 22.5 Å². The highest BCUT2D eigenvalue weighted by atomic mass is 16.7. The third kappa shape index (κ3) is 3.26. The molecular weight excluding hydrogens is 368 g/mol. The fourth-order valence-electron chi connectivity index (χ4n) is 3.45. The molecule has 0 radical (unpaired) electrons. The summed E-state index contributed by atoms with van der Waals surface area (Å²) >= 11 is 0. The molecule has 1 saturated heterocycles. The average Bonchev–Trinajstić information content (AvgIpc) is 3.28. The molecule has 2 heterocycles. The number of nitrogen functional groups attached to an aromatic ring is 1. The number of nitriles is 2. The van der Waals surface area contributed by atoms with Crippen molar-refractivity contribution in [1.82, 2.24) is 4.98 Å². The molecule has 142 valence electrons. The van der Waals surface area contributed by atoms with Crippen molar-refractivity contribution in [2.75, 3.05) is 18.9 Å². The topological polar surface area (TPSA) is 125 Å². The lowest BCUT2D eigenvalue weighted by Crippen LogP contribution is -2.16. The number of nitrogens with one attached hydrogen (secondary N) is 1. The molecule has 3 aromatic rings. The van der Waals surface area contributed by atoms with E-state index in [4.69, 9.17) is 15.2 Å². The van der Waals surface area contributed by atoms with Gasteiger partial charge in [0.05, 0.1) is 13.2 Å². The molecule has 1 aliphatic heterocycles. The van der Waals surface area contributed by atoms with E-state index in [0.717, 1.165) is 16.7 Å². The minimum atomic E-state index is -0.621. The lowest BCUT2D eigenvalue weighted by atomic mass is 9.93. The van der Waals surface area contributed by atoms with Crippen LogP contribution in [0, 0.1) is 22.7 Å². The molecule has 2 aromatic carbocycles. The number of H-pyrrole nitrogens is 1. The zero-order valence-corrected chi connectivity index (χ0v) is 15.3. The van der Waals surface area contributed by atoms with Gasteiger partial charge in [-0.05, 0) is 16.7 Å². The van der Waals surface area contributed by atoms with Crippen LogP contribution in [0.1, 0.15) is 23.0 Å². The second-order valence-electron chi connectivity index (χ2n) is 6.45. The summed E-state index contributed by atoms with van der Waals surface area (Å²) in [6.07, 6.45) is -0.409. The van der Waals surface area contributed by atoms with Gasteiger partial charge in [-0.2, -0.15) is 10.5 Å². The van der Waals surface area contributed by atoms with E-state index in [2.05, 4.69) is 4.98 Å². The maximum atomic E-state index is 12.1. The van der Waals surface area contributed by atoms with Crippen LogP contribution in [0.2, 0.25) is 0 Å². The Balaban J connectivity index is 1.81. The van der Waals surface area contributed by atoms with Crippen LogP contribution in [-0.2, 0) is 9.47 Å². The summed E-state index contributed by atoms with van der Waals surface area (Å²) < 4.78 is 11.3. The quantitative estimate of drug-likeness (QED) is 0.715. The maximum Gasteiger partial charge on any atom is 0.268 e.